The molecule has 8 atom stereocenters. The van der Waals surface area contributed by atoms with Crippen molar-refractivity contribution < 1.29 is 34.8 Å². The van der Waals surface area contributed by atoms with Crippen LogP contribution in [0.3, 0.4) is 0 Å². The maximum atomic E-state index is 14.2. The van der Waals surface area contributed by atoms with Gasteiger partial charge in [0.25, 0.3) is 0 Å². The third kappa shape index (κ3) is 25.6. The SMILES string of the molecule is C.C.C.C.C.C.C.C.C.C.C.C.C.C.C.C.C.C.C.C.C.C.C.C.C.C.C.C.C.C.CC(C)(O)/C=C/C(=O)[C@](C)(O)C1[C@H](O)C[C@@]2(C)C3CC=C4C(C=C(O)C(=O)C4(C)C)[C@]3(C)C(=O)C[C@]12C. The van der Waals surface area contributed by atoms with Crippen LogP contribution in [0.2, 0.25) is 0 Å². The van der Waals surface area contributed by atoms with Gasteiger partial charge in [0, 0.05) is 23.7 Å². The van der Waals surface area contributed by atoms with Gasteiger partial charge in [-0.05, 0) is 76.4 Å². The minimum atomic E-state index is -1.96. The fraction of sp³-hybridized carbons (Fsp3) is 0.850. The predicted molar refractivity (Wildman–Crippen MR) is 340 cm³/mol. The second-order valence-electron chi connectivity index (χ2n) is 13.9. The third-order valence-electron chi connectivity index (χ3n) is 10.8. The summed E-state index contributed by atoms with van der Waals surface area (Å²) in [5.74, 6) is -2.98. The van der Waals surface area contributed by atoms with Gasteiger partial charge in [-0.3, -0.25) is 14.4 Å². The summed E-state index contributed by atoms with van der Waals surface area (Å²) in [7, 11) is 0. The van der Waals surface area contributed by atoms with E-state index in [0.717, 1.165) is 11.6 Å². The van der Waals surface area contributed by atoms with Crippen molar-refractivity contribution in [2.24, 2.45) is 39.4 Å². The Labute approximate surface area is 440 Å². The molecule has 4 aliphatic carbocycles. The van der Waals surface area contributed by atoms with Crippen LogP contribution in [0.1, 0.15) is 297 Å². The molecule has 67 heavy (non-hydrogen) atoms. The highest BCUT2D eigenvalue weighted by atomic mass is 16.3. The number of Topliss-reactive ketones (excluding diaryl/α,β-unsaturated/α-hetero) is 2. The highest BCUT2D eigenvalue weighted by Gasteiger charge is 2.74. The topological polar surface area (TPSA) is 132 Å². The Balaban J connectivity index is -0.0000000213. The number of hydrogen-bond donors (Lipinski definition) is 4. The monoisotopic (exact) mass is 995 g/mol. The molecule has 0 bridgehead atoms. The lowest BCUT2D eigenvalue weighted by Crippen LogP contribution is -2.64. The first-order valence-electron chi connectivity index (χ1n) is 13.2. The van der Waals surface area contributed by atoms with E-state index in [-0.39, 0.29) is 252 Å². The summed E-state index contributed by atoms with van der Waals surface area (Å²) in [5, 5.41) is 43.6. The van der Waals surface area contributed by atoms with Crippen molar-refractivity contribution in [2.45, 2.75) is 315 Å². The van der Waals surface area contributed by atoms with Crippen LogP contribution in [-0.4, -0.2) is 55.1 Å². The molecule has 444 valence electrons. The average molecular weight is 996 g/mol. The van der Waals surface area contributed by atoms with Crippen molar-refractivity contribution in [3.63, 3.8) is 0 Å². The molecular weight excluding hydrogens is 833 g/mol. The zero-order chi connectivity index (χ0) is 28.1. The first kappa shape index (κ1) is 184. The fourth-order valence-corrected chi connectivity index (χ4v) is 8.58. The van der Waals surface area contributed by atoms with Crippen molar-refractivity contribution >= 4 is 17.3 Å². The Bertz CT molecular complexity index is 1160. The zero-order valence-electron chi connectivity index (χ0n) is 23.3. The van der Waals surface area contributed by atoms with Crippen molar-refractivity contribution in [3.8, 4) is 0 Å². The van der Waals surface area contributed by atoms with Gasteiger partial charge in [0.15, 0.2) is 11.5 Å². The molecule has 3 unspecified atom stereocenters. The summed E-state index contributed by atoms with van der Waals surface area (Å²) < 4.78 is 0. The van der Waals surface area contributed by atoms with Crippen LogP contribution >= 0.6 is 0 Å². The molecule has 0 aliphatic heterocycles. The molecule has 0 radical (unpaired) electrons. The third-order valence-corrected chi connectivity index (χ3v) is 10.8. The maximum absolute atomic E-state index is 14.2. The summed E-state index contributed by atoms with van der Waals surface area (Å²) >= 11 is 0. The van der Waals surface area contributed by atoms with E-state index in [1.807, 2.05) is 26.8 Å². The molecule has 4 rings (SSSR count). The van der Waals surface area contributed by atoms with E-state index in [0.29, 0.717) is 12.8 Å². The van der Waals surface area contributed by atoms with Crippen LogP contribution in [0.25, 0.3) is 0 Å². The highest BCUT2D eigenvalue weighted by Crippen LogP contribution is 2.73. The molecule has 2 fully saturated rings. The van der Waals surface area contributed by atoms with Crippen LogP contribution in [0, 0.1) is 39.4 Å². The number of rotatable bonds is 4. The van der Waals surface area contributed by atoms with Crippen molar-refractivity contribution in [1.82, 2.24) is 0 Å². The molecule has 0 saturated heterocycles. The summed E-state index contributed by atoms with van der Waals surface area (Å²) in [4.78, 5) is 40.1. The minimum absolute atomic E-state index is 0. The number of carbonyl (C=O) groups excluding carboxylic acids is 3. The number of aliphatic hydroxyl groups excluding tert-OH is 2. The fourth-order valence-electron chi connectivity index (χ4n) is 8.58. The second-order valence-corrected chi connectivity index (χ2v) is 13.9. The molecule has 0 aromatic rings. The normalized spacial score (nSPS) is 23.7. The van der Waals surface area contributed by atoms with Crippen molar-refractivity contribution in [3.05, 3.63) is 35.6 Å². The zero-order valence-corrected chi connectivity index (χ0v) is 23.3. The Morgan fingerprint density at radius 2 is 0.925 bits per heavy atom. The molecule has 4 N–H and O–H groups in total. The van der Waals surface area contributed by atoms with Gasteiger partial charge in [-0.1, -0.05) is 261 Å². The van der Waals surface area contributed by atoms with E-state index in [1.165, 1.54) is 32.9 Å². The first-order valence-corrected chi connectivity index (χ1v) is 13.2. The van der Waals surface area contributed by atoms with E-state index in [9.17, 15) is 34.8 Å². The van der Waals surface area contributed by atoms with E-state index in [4.69, 9.17) is 0 Å². The van der Waals surface area contributed by atoms with E-state index >= 15 is 0 Å². The van der Waals surface area contributed by atoms with Gasteiger partial charge in [-0.25, -0.2) is 0 Å². The largest absolute Gasteiger partial charge is 0.505 e. The second kappa shape index (κ2) is 54.8. The molecule has 0 amide bonds. The quantitative estimate of drug-likeness (QED) is 0.163. The van der Waals surface area contributed by atoms with Gasteiger partial charge in [-0.2, -0.15) is 0 Å². The van der Waals surface area contributed by atoms with Gasteiger partial charge in [-0.15, -0.1) is 0 Å². The first-order chi connectivity index (χ1) is 16.7. The molecule has 0 spiro atoms. The lowest BCUT2D eigenvalue weighted by Gasteiger charge is -2.63. The Morgan fingerprint density at radius 1 is 0.597 bits per heavy atom. The van der Waals surface area contributed by atoms with Crippen molar-refractivity contribution in [2.75, 3.05) is 0 Å². The van der Waals surface area contributed by atoms with Gasteiger partial charge in [0.2, 0.25) is 5.78 Å². The van der Waals surface area contributed by atoms with Gasteiger partial charge in [0.05, 0.1) is 17.1 Å². The smallest absolute Gasteiger partial charge is 0.206 e. The maximum Gasteiger partial charge on any atom is 0.206 e. The molecule has 7 nitrogen and oxygen atoms in total. The molecule has 7 heteroatoms. The number of allylic oxidation sites excluding steroid dienone is 4. The molecular formula is C60H162O7. The van der Waals surface area contributed by atoms with Crippen LogP contribution < -0.4 is 0 Å². The lowest BCUT2D eigenvalue weighted by molar-refractivity contribution is -0.179. The van der Waals surface area contributed by atoms with Crippen LogP contribution in [-0.2, 0) is 14.4 Å². The summed E-state index contributed by atoms with van der Waals surface area (Å²) in [6.07, 6.45) is 5.85. The Morgan fingerprint density at radius 3 is 1.24 bits per heavy atom. The van der Waals surface area contributed by atoms with Crippen LogP contribution in [0.4, 0.5) is 0 Å². The molecule has 4 aliphatic rings. The van der Waals surface area contributed by atoms with Crippen LogP contribution in [0.5, 0.6) is 0 Å². The molecule has 2 saturated carbocycles. The number of ketones is 3. The Kier molecular flexibility index (Phi) is 151. The summed E-state index contributed by atoms with van der Waals surface area (Å²) in [6.45, 7) is 13.8. The van der Waals surface area contributed by atoms with Gasteiger partial charge < -0.3 is 20.4 Å². The molecule has 0 aromatic heterocycles. The lowest BCUT2D eigenvalue weighted by atomic mass is 9.39. The van der Waals surface area contributed by atoms with Gasteiger partial charge >= 0.3 is 0 Å². The van der Waals surface area contributed by atoms with E-state index in [1.54, 1.807) is 13.8 Å². The number of fused-ring (bicyclic) bond motifs is 5. The predicted octanol–water partition coefficient (Wildman–Crippen LogP) is 22.7. The van der Waals surface area contributed by atoms with Crippen LogP contribution in [0.15, 0.2) is 35.6 Å². The van der Waals surface area contributed by atoms with E-state index < -0.39 is 56.6 Å². The van der Waals surface area contributed by atoms with E-state index in [2.05, 4.69) is 0 Å². The number of carbonyl (C=O) groups is 3. The average Bonchev–Trinajstić information content (AvgIpc) is 2.96. The summed E-state index contributed by atoms with van der Waals surface area (Å²) in [5.41, 5.74) is -5.75. The van der Waals surface area contributed by atoms with Crippen molar-refractivity contribution in [1.29, 1.82) is 0 Å². The minimum Gasteiger partial charge on any atom is -0.505 e. The summed E-state index contributed by atoms with van der Waals surface area (Å²) in [6, 6.07) is 0. The van der Waals surface area contributed by atoms with Gasteiger partial charge in [0.1, 0.15) is 11.4 Å². The standard InChI is InChI=1S/C30H42O7.30CH4/c1-25(2,36)12-11-21(33)30(8,37)23-19(32)14-27(5)20-10-9-16-17(13-18(31)24(35)26(16,3)4)29(20,7)22(34)15-28(23,27)6;;;;;;;;;;;;;;;;;;;;;;;;;;;;;;/h9,11-13,17,19-20,23,31-32,36-37H,10,14-15H2,1-8H3;30*1H4/b12-11+;;;;;;;;;;;;;;;;;;;;;;;;;;;;;;/t17?,19-,20?,23?,27+,28-,29+,30+;;;;;;;;;;;;;;;;;;;;;;;;;;;;;;/m1............................../s1. The molecule has 0 aromatic carbocycles. The number of aliphatic hydroxyl groups is 4. The molecule has 0 heterocycles. The Hall–Kier alpha value is -2.09. The number of hydrogen-bond acceptors (Lipinski definition) is 7. The highest BCUT2D eigenvalue weighted by molar-refractivity contribution is 6.02.